The van der Waals surface area contributed by atoms with Gasteiger partial charge in [-0.1, -0.05) is 12.1 Å². The summed E-state index contributed by atoms with van der Waals surface area (Å²) in [7, 11) is 0. The van der Waals surface area contributed by atoms with Gasteiger partial charge in [0.15, 0.2) is 5.78 Å². The summed E-state index contributed by atoms with van der Waals surface area (Å²) in [5, 5.41) is 0. The lowest BCUT2D eigenvalue weighted by Crippen LogP contribution is -2.40. The van der Waals surface area contributed by atoms with Gasteiger partial charge in [0, 0.05) is 36.3 Å². The van der Waals surface area contributed by atoms with Crippen molar-refractivity contribution < 1.29 is 18.0 Å². The number of ketones is 1. The largest absolute Gasteiger partial charge is 0.416 e. The fourth-order valence-electron chi connectivity index (χ4n) is 3.29. The Bertz CT molecular complexity index is 949. The van der Waals surface area contributed by atoms with Crippen molar-refractivity contribution in [2.75, 3.05) is 13.1 Å². The molecule has 1 aliphatic rings. The van der Waals surface area contributed by atoms with E-state index in [9.17, 15) is 27.6 Å². The third kappa shape index (κ3) is 4.54. The van der Waals surface area contributed by atoms with Gasteiger partial charge in [-0.2, -0.15) is 13.2 Å². The Morgan fingerprint density at radius 3 is 2.74 bits per heavy atom. The van der Waals surface area contributed by atoms with Crippen LogP contribution in [-0.2, 0) is 12.7 Å². The molecule has 1 atom stereocenters. The molecule has 144 valence electrons. The van der Waals surface area contributed by atoms with Crippen molar-refractivity contribution in [1.29, 1.82) is 0 Å². The highest BCUT2D eigenvalue weighted by Crippen LogP contribution is 2.30. The minimum absolute atomic E-state index is 0.0403. The molecule has 27 heavy (non-hydrogen) atoms. The second kappa shape index (κ2) is 7.51. The summed E-state index contributed by atoms with van der Waals surface area (Å²) in [5.41, 5.74) is -1.54. The third-order valence-electron chi connectivity index (χ3n) is 4.64. The zero-order chi connectivity index (χ0) is 19.6. The number of aromatic nitrogens is 2. The van der Waals surface area contributed by atoms with E-state index in [4.69, 9.17) is 0 Å². The molecule has 0 bridgehead atoms. The highest BCUT2D eigenvalue weighted by atomic mass is 19.4. The molecule has 1 fully saturated rings. The van der Waals surface area contributed by atoms with Crippen LogP contribution in [0.1, 0.15) is 34.3 Å². The third-order valence-corrected chi connectivity index (χ3v) is 4.64. The highest BCUT2D eigenvalue weighted by molar-refractivity contribution is 5.98. The number of benzene rings is 1. The van der Waals surface area contributed by atoms with Crippen LogP contribution in [0.2, 0.25) is 0 Å². The lowest BCUT2D eigenvalue weighted by atomic mass is 9.89. The second-order valence-corrected chi connectivity index (χ2v) is 6.61. The van der Waals surface area contributed by atoms with Crippen molar-refractivity contribution in [2.45, 2.75) is 25.6 Å². The van der Waals surface area contributed by atoms with Crippen LogP contribution < -0.4 is 11.2 Å². The molecule has 1 aromatic heterocycles. The first-order chi connectivity index (χ1) is 12.7. The molecule has 1 aliphatic heterocycles. The van der Waals surface area contributed by atoms with Crippen LogP contribution in [0.25, 0.3) is 0 Å². The maximum Gasteiger partial charge on any atom is 0.416 e. The topological polar surface area (TPSA) is 86.0 Å². The van der Waals surface area contributed by atoms with Crippen molar-refractivity contribution in [3.05, 3.63) is 68.0 Å². The van der Waals surface area contributed by atoms with Gasteiger partial charge in [0.25, 0.3) is 5.56 Å². The molecular formula is C18H18F3N3O3. The van der Waals surface area contributed by atoms with Gasteiger partial charge in [-0.15, -0.1) is 0 Å². The Kier molecular flexibility index (Phi) is 5.31. The Morgan fingerprint density at radius 2 is 2.04 bits per heavy atom. The normalized spacial score (nSPS) is 18.4. The van der Waals surface area contributed by atoms with E-state index in [0.717, 1.165) is 12.1 Å². The summed E-state index contributed by atoms with van der Waals surface area (Å²) >= 11 is 0. The smallest absolute Gasteiger partial charge is 0.314 e. The molecule has 0 spiro atoms. The summed E-state index contributed by atoms with van der Waals surface area (Å²) in [6, 6.07) is 4.44. The maximum absolute atomic E-state index is 12.9. The van der Waals surface area contributed by atoms with Gasteiger partial charge in [0.05, 0.1) is 5.56 Å². The number of halogens is 3. The number of alkyl halides is 3. The minimum atomic E-state index is -4.50. The van der Waals surface area contributed by atoms with Crippen molar-refractivity contribution >= 4 is 5.78 Å². The standard InChI is InChI=1S/C18H18F3N3O3/c19-18(20,21)14-5-1-3-11(7-14)15(25)12-4-2-6-24(9-12)10-13-8-22-17(27)23-16(13)26/h1,3,5,7-8,12H,2,4,6,9-10H2,(H2,22,23,26,27)/t12-/m1/s1. The van der Waals surface area contributed by atoms with Crippen LogP contribution in [0, 0.1) is 5.92 Å². The summed E-state index contributed by atoms with van der Waals surface area (Å²) < 4.78 is 38.6. The second-order valence-electron chi connectivity index (χ2n) is 6.61. The molecule has 1 saturated heterocycles. The van der Waals surface area contributed by atoms with E-state index in [0.29, 0.717) is 31.5 Å². The van der Waals surface area contributed by atoms with Gasteiger partial charge in [0.1, 0.15) is 0 Å². The van der Waals surface area contributed by atoms with Crippen LogP contribution >= 0.6 is 0 Å². The average Bonchev–Trinajstić information content (AvgIpc) is 2.63. The first-order valence-electron chi connectivity index (χ1n) is 8.49. The van der Waals surface area contributed by atoms with E-state index in [1.165, 1.54) is 18.3 Å². The van der Waals surface area contributed by atoms with E-state index in [2.05, 4.69) is 9.97 Å². The van der Waals surface area contributed by atoms with Crippen molar-refractivity contribution in [3.63, 3.8) is 0 Å². The van der Waals surface area contributed by atoms with Crippen LogP contribution in [-0.4, -0.2) is 33.7 Å². The molecule has 0 amide bonds. The van der Waals surface area contributed by atoms with Crippen molar-refractivity contribution in [1.82, 2.24) is 14.9 Å². The van der Waals surface area contributed by atoms with Crippen LogP contribution in [0.15, 0.2) is 40.1 Å². The summed E-state index contributed by atoms with van der Waals surface area (Å²) in [4.78, 5) is 42.0. The van der Waals surface area contributed by atoms with Crippen molar-refractivity contribution in [2.24, 2.45) is 5.92 Å². The van der Waals surface area contributed by atoms with Crippen LogP contribution in [0.3, 0.4) is 0 Å². The van der Waals surface area contributed by atoms with Gasteiger partial charge in [0.2, 0.25) is 0 Å². The Labute approximate surface area is 152 Å². The van der Waals surface area contributed by atoms with Crippen molar-refractivity contribution in [3.8, 4) is 0 Å². The fourth-order valence-corrected chi connectivity index (χ4v) is 3.29. The number of Topliss-reactive ketones (excluding diaryl/α,β-unsaturated/α-hetero) is 1. The molecule has 0 radical (unpaired) electrons. The van der Waals surface area contributed by atoms with E-state index in [-0.39, 0.29) is 17.9 Å². The zero-order valence-corrected chi connectivity index (χ0v) is 14.3. The maximum atomic E-state index is 12.9. The van der Waals surface area contributed by atoms with Gasteiger partial charge in [-0.3, -0.25) is 19.5 Å². The molecule has 2 aromatic rings. The molecule has 0 saturated carbocycles. The van der Waals surface area contributed by atoms with Gasteiger partial charge in [-0.05, 0) is 31.5 Å². The molecule has 0 unspecified atom stereocenters. The predicted octanol–water partition coefficient (Wildman–Crippen LogP) is 2.18. The molecule has 1 aromatic carbocycles. The molecule has 0 aliphatic carbocycles. The Morgan fingerprint density at radius 1 is 1.26 bits per heavy atom. The number of rotatable bonds is 4. The SMILES string of the molecule is O=C(c1cccc(C(F)(F)F)c1)[C@@H]1CCCN(Cc2c[nH]c(=O)[nH]c2=O)C1. The Balaban J connectivity index is 1.73. The fraction of sp³-hybridized carbons (Fsp3) is 0.389. The molecular weight excluding hydrogens is 363 g/mol. The lowest BCUT2D eigenvalue weighted by molar-refractivity contribution is -0.137. The highest BCUT2D eigenvalue weighted by Gasteiger charge is 2.32. The molecule has 2 N–H and O–H groups in total. The lowest BCUT2D eigenvalue weighted by Gasteiger charge is -2.31. The first-order valence-corrected chi connectivity index (χ1v) is 8.49. The predicted molar refractivity (Wildman–Crippen MR) is 91.5 cm³/mol. The van der Waals surface area contributed by atoms with Gasteiger partial charge >= 0.3 is 11.9 Å². The molecule has 3 rings (SSSR count). The summed E-state index contributed by atoms with van der Waals surface area (Å²) in [6.45, 7) is 1.25. The van der Waals surface area contributed by atoms with Crippen LogP contribution in [0.4, 0.5) is 13.2 Å². The zero-order valence-electron chi connectivity index (χ0n) is 14.3. The monoisotopic (exact) mass is 381 g/mol. The van der Waals surface area contributed by atoms with E-state index in [1.807, 2.05) is 4.90 Å². The molecule has 2 heterocycles. The number of aromatic amines is 2. The number of nitrogens with zero attached hydrogens (tertiary/aromatic N) is 1. The van der Waals surface area contributed by atoms with Crippen LogP contribution in [0.5, 0.6) is 0 Å². The molecule has 9 heteroatoms. The number of H-pyrrole nitrogens is 2. The average molecular weight is 381 g/mol. The number of nitrogens with one attached hydrogen (secondary N) is 2. The summed E-state index contributed by atoms with van der Waals surface area (Å²) in [6.07, 6.45) is -1.90. The number of carbonyl (C=O) groups is 1. The summed E-state index contributed by atoms with van der Waals surface area (Å²) in [5.74, 6) is -0.773. The van der Waals surface area contributed by atoms with Gasteiger partial charge < -0.3 is 4.98 Å². The minimum Gasteiger partial charge on any atom is -0.314 e. The van der Waals surface area contributed by atoms with E-state index < -0.39 is 28.9 Å². The number of carbonyl (C=O) groups excluding carboxylic acids is 1. The number of hydrogen-bond acceptors (Lipinski definition) is 4. The van der Waals surface area contributed by atoms with Gasteiger partial charge in [-0.25, -0.2) is 4.79 Å². The van der Waals surface area contributed by atoms with E-state index in [1.54, 1.807) is 0 Å². The first kappa shape index (κ1) is 19.1. The molecule has 6 nitrogen and oxygen atoms in total. The number of likely N-dealkylation sites (tertiary alicyclic amines) is 1. The number of hydrogen-bond donors (Lipinski definition) is 2. The Hall–Kier alpha value is -2.68. The number of piperidine rings is 1. The van der Waals surface area contributed by atoms with E-state index >= 15 is 0 Å². The quantitative estimate of drug-likeness (QED) is 0.795.